The third-order valence-corrected chi connectivity index (χ3v) is 4.44. The average molecular weight is 240 g/mol. The Morgan fingerprint density at radius 2 is 2.25 bits per heavy atom. The lowest BCUT2D eigenvalue weighted by Crippen LogP contribution is -2.29. The Balaban J connectivity index is 2.39. The van der Waals surface area contributed by atoms with Crippen LogP contribution in [0, 0.1) is 5.41 Å². The molecule has 3 heteroatoms. The summed E-state index contributed by atoms with van der Waals surface area (Å²) in [6.07, 6.45) is 1.95. The summed E-state index contributed by atoms with van der Waals surface area (Å²) in [5.41, 5.74) is 6.92. The molecule has 3 N–H and O–H groups in total. The molecule has 0 saturated heterocycles. The average Bonchev–Trinajstić information content (AvgIpc) is 2.99. The monoisotopic (exact) mass is 239 g/mol. The highest BCUT2D eigenvalue weighted by Crippen LogP contribution is 2.65. The van der Waals surface area contributed by atoms with Crippen molar-refractivity contribution in [3.63, 3.8) is 0 Å². The molecule has 0 amide bonds. The molecule has 1 aliphatic rings. The van der Waals surface area contributed by atoms with Crippen molar-refractivity contribution in [3.8, 4) is 0 Å². The number of hydrogen-bond acceptors (Lipinski definition) is 2. The highest BCUT2D eigenvalue weighted by molar-refractivity contribution is 6.30. The molecule has 2 nitrogen and oxygen atoms in total. The smallest absolute Gasteiger partial charge is 0.0508 e. The number of aliphatic hydroxyl groups excluding tert-OH is 1. The molecule has 16 heavy (non-hydrogen) atoms. The molecule has 2 atom stereocenters. The summed E-state index contributed by atoms with van der Waals surface area (Å²) in [5.74, 6) is 0. The molecule has 2 rings (SSSR count). The van der Waals surface area contributed by atoms with Crippen molar-refractivity contribution in [3.05, 3.63) is 34.9 Å². The Labute approximate surface area is 101 Å². The molecule has 2 unspecified atom stereocenters. The number of halogens is 1. The van der Waals surface area contributed by atoms with E-state index >= 15 is 0 Å². The van der Waals surface area contributed by atoms with Crippen molar-refractivity contribution in [1.29, 1.82) is 0 Å². The molecule has 0 heterocycles. The van der Waals surface area contributed by atoms with Crippen LogP contribution in [0.25, 0.3) is 0 Å². The van der Waals surface area contributed by atoms with E-state index in [1.165, 1.54) is 5.56 Å². The fourth-order valence-electron chi connectivity index (χ4n) is 2.97. The van der Waals surface area contributed by atoms with E-state index in [4.69, 9.17) is 17.3 Å². The van der Waals surface area contributed by atoms with Gasteiger partial charge in [-0.15, -0.1) is 0 Å². The molecule has 1 aromatic carbocycles. The molecular weight excluding hydrogens is 222 g/mol. The van der Waals surface area contributed by atoms with E-state index in [1.807, 2.05) is 18.2 Å². The summed E-state index contributed by atoms with van der Waals surface area (Å²) in [4.78, 5) is 0. The van der Waals surface area contributed by atoms with Crippen molar-refractivity contribution >= 4 is 11.6 Å². The Hall–Kier alpha value is -0.570. The second kappa shape index (κ2) is 4.02. The lowest BCUT2D eigenvalue weighted by Gasteiger charge is -2.23. The van der Waals surface area contributed by atoms with Crippen LogP contribution in [0.1, 0.15) is 25.3 Å². The largest absolute Gasteiger partial charge is 0.396 e. The number of hydrogen-bond donors (Lipinski definition) is 2. The van der Waals surface area contributed by atoms with Crippen LogP contribution in [0.3, 0.4) is 0 Å². The molecule has 1 fully saturated rings. The van der Waals surface area contributed by atoms with Gasteiger partial charge in [-0.1, -0.05) is 30.7 Å². The quantitative estimate of drug-likeness (QED) is 0.847. The summed E-state index contributed by atoms with van der Waals surface area (Å²) in [6, 6.07) is 7.92. The molecule has 1 saturated carbocycles. The van der Waals surface area contributed by atoms with Gasteiger partial charge >= 0.3 is 0 Å². The minimum Gasteiger partial charge on any atom is -0.396 e. The number of aliphatic hydroxyl groups is 1. The maximum atomic E-state index is 9.54. The van der Waals surface area contributed by atoms with Crippen molar-refractivity contribution in [1.82, 2.24) is 0 Å². The van der Waals surface area contributed by atoms with Gasteiger partial charge in [-0.2, -0.15) is 0 Å². The zero-order valence-corrected chi connectivity index (χ0v) is 10.3. The van der Waals surface area contributed by atoms with Gasteiger partial charge < -0.3 is 10.8 Å². The van der Waals surface area contributed by atoms with E-state index in [0.29, 0.717) is 6.54 Å². The van der Waals surface area contributed by atoms with Gasteiger partial charge in [0, 0.05) is 22.4 Å². The molecule has 0 aromatic heterocycles. The predicted molar refractivity (Wildman–Crippen MR) is 66.6 cm³/mol. The van der Waals surface area contributed by atoms with Crippen LogP contribution in [0.2, 0.25) is 5.02 Å². The Morgan fingerprint density at radius 1 is 1.50 bits per heavy atom. The fraction of sp³-hybridized carbons (Fsp3) is 0.538. The van der Waals surface area contributed by atoms with E-state index in [2.05, 4.69) is 13.0 Å². The van der Waals surface area contributed by atoms with Crippen molar-refractivity contribution in [2.45, 2.75) is 25.2 Å². The molecule has 1 aromatic rings. The van der Waals surface area contributed by atoms with Gasteiger partial charge in [0.1, 0.15) is 0 Å². The highest BCUT2D eigenvalue weighted by Gasteiger charge is 2.65. The summed E-state index contributed by atoms with van der Waals surface area (Å²) in [5, 5.41) is 10.3. The third-order valence-electron chi connectivity index (χ3n) is 4.20. The summed E-state index contributed by atoms with van der Waals surface area (Å²) in [7, 11) is 0. The molecule has 1 aliphatic carbocycles. The fourth-order valence-corrected chi connectivity index (χ4v) is 3.16. The molecular formula is C13H18ClNO. The summed E-state index contributed by atoms with van der Waals surface area (Å²) < 4.78 is 0. The third kappa shape index (κ3) is 1.48. The molecule has 0 bridgehead atoms. The van der Waals surface area contributed by atoms with E-state index in [1.54, 1.807) is 0 Å². The summed E-state index contributed by atoms with van der Waals surface area (Å²) in [6.45, 7) is 2.84. The van der Waals surface area contributed by atoms with Crippen molar-refractivity contribution < 1.29 is 5.11 Å². The van der Waals surface area contributed by atoms with Gasteiger partial charge in [-0.3, -0.25) is 0 Å². The standard InChI is InChI=1S/C13H18ClNO/c1-2-13(7-12(13,8-15)9-16)10-4-3-5-11(14)6-10/h3-6,16H,2,7-9,15H2,1H3. The van der Waals surface area contributed by atoms with Crippen LogP contribution in [-0.4, -0.2) is 18.3 Å². The number of benzene rings is 1. The summed E-state index contributed by atoms with van der Waals surface area (Å²) >= 11 is 6.02. The lowest BCUT2D eigenvalue weighted by atomic mass is 9.84. The molecule has 0 spiro atoms. The second-order valence-corrected chi connectivity index (χ2v) is 5.20. The Morgan fingerprint density at radius 3 is 2.69 bits per heavy atom. The maximum Gasteiger partial charge on any atom is 0.0508 e. The topological polar surface area (TPSA) is 46.2 Å². The van der Waals surface area contributed by atoms with Gasteiger partial charge in [0.25, 0.3) is 0 Å². The minimum absolute atomic E-state index is 0.0292. The number of rotatable bonds is 4. The van der Waals surface area contributed by atoms with Gasteiger partial charge in [0.05, 0.1) is 6.61 Å². The highest BCUT2D eigenvalue weighted by atomic mass is 35.5. The van der Waals surface area contributed by atoms with Crippen LogP contribution < -0.4 is 5.73 Å². The van der Waals surface area contributed by atoms with Gasteiger partial charge in [-0.05, 0) is 30.5 Å². The van der Waals surface area contributed by atoms with Crippen LogP contribution >= 0.6 is 11.6 Å². The molecule has 0 aliphatic heterocycles. The molecule has 88 valence electrons. The van der Waals surface area contributed by atoms with E-state index < -0.39 is 0 Å². The first-order chi connectivity index (χ1) is 7.64. The number of nitrogens with two attached hydrogens (primary N) is 1. The zero-order valence-electron chi connectivity index (χ0n) is 9.54. The van der Waals surface area contributed by atoms with Gasteiger partial charge in [0.15, 0.2) is 0 Å². The van der Waals surface area contributed by atoms with E-state index in [-0.39, 0.29) is 17.4 Å². The van der Waals surface area contributed by atoms with E-state index in [0.717, 1.165) is 17.9 Å². The SMILES string of the molecule is CCC1(c2cccc(Cl)c2)CC1(CN)CO. The predicted octanol–water partition coefficient (Wildman–Crippen LogP) is 2.33. The maximum absolute atomic E-state index is 9.54. The van der Waals surface area contributed by atoms with Crippen molar-refractivity contribution in [2.24, 2.45) is 11.1 Å². The lowest BCUT2D eigenvalue weighted by molar-refractivity contribution is 0.193. The van der Waals surface area contributed by atoms with Crippen LogP contribution in [0.4, 0.5) is 0 Å². The van der Waals surface area contributed by atoms with Crippen LogP contribution in [-0.2, 0) is 5.41 Å². The Kier molecular flexibility index (Phi) is 2.99. The zero-order chi connectivity index (χ0) is 11.8. The van der Waals surface area contributed by atoms with E-state index in [9.17, 15) is 5.11 Å². The Bertz CT molecular complexity index is 389. The van der Waals surface area contributed by atoms with Gasteiger partial charge in [-0.25, -0.2) is 0 Å². The van der Waals surface area contributed by atoms with Crippen LogP contribution in [0.5, 0.6) is 0 Å². The second-order valence-electron chi connectivity index (χ2n) is 4.77. The van der Waals surface area contributed by atoms with Crippen LogP contribution in [0.15, 0.2) is 24.3 Å². The first kappa shape index (κ1) is 11.9. The van der Waals surface area contributed by atoms with Crippen molar-refractivity contribution in [2.75, 3.05) is 13.2 Å². The normalized spacial score (nSPS) is 32.8. The minimum atomic E-state index is -0.133. The first-order valence-electron chi connectivity index (χ1n) is 5.71. The molecule has 0 radical (unpaired) electrons. The van der Waals surface area contributed by atoms with Gasteiger partial charge in [0.2, 0.25) is 0 Å². The first-order valence-corrected chi connectivity index (χ1v) is 6.09.